The quantitative estimate of drug-likeness (QED) is 0.0344. The minimum Gasteiger partial charge on any atom is -0.462 e. The molecular weight excluding hydrogens is 769 g/mol. The first kappa shape index (κ1) is 60.4. The van der Waals surface area contributed by atoms with Crippen LogP contribution in [0.15, 0.2) is 0 Å². The van der Waals surface area contributed by atoms with E-state index in [0.717, 1.165) is 75.5 Å². The highest BCUT2D eigenvalue weighted by molar-refractivity contribution is 5.71. The maximum Gasteiger partial charge on any atom is 0.306 e. The Kier molecular flexibility index (Phi) is 46.2. The molecule has 0 aromatic carbocycles. The third kappa shape index (κ3) is 49.4. The monoisotopic (exact) mass is 877 g/mol. The van der Waals surface area contributed by atoms with Gasteiger partial charge in [0.1, 0.15) is 13.2 Å². The molecule has 0 aliphatic heterocycles. The van der Waals surface area contributed by atoms with Crippen LogP contribution < -0.4 is 0 Å². The summed E-state index contributed by atoms with van der Waals surface area (Å²) in [7, 11) is 0. The van der Waals surface area contributed by atoms with Crippen LogP contribution in [-0.4, -0.2) is 37.2 Å². The number of carbonyl (C=O) groups excluding carboxylic acids is 3. The van der Waals surface area contributed by atoms with Crippen molar-refractivity contribution in [2.45, 2.75) is 311 Å². The molecule has 0 spiro atoms. The van der Waals surface area contributed by atoms with Crippen LogP contribution in [0.4, 0.5) is 0 Å². The molecule has 0 N–H and O–H groups in total. The molecule has 1 atom stereocenters. The van der Waals surface area contributed by atoms with E-state index in [1.54, 1.807) is 0 Å². The Bertz CT molecular complexity index is 960. The van der Waals surface area contributed by atoms with E-state index in [0.29, 0.717) is 19.3 Å². The molecule has 0 heterocycles. The first-order valence-electron chi connectivity index (χ1n) is 27.6. The van der Waals surface area contributed by atoms with Crippen LogP contribution in [0, 0.1) is 17.8 Å². The lowest BCUT2D eigenvalue weighted by Crippen LogP contribution is -2.30. The van der Waals surface area contributed by atoms with Gasteiger partial charge in [-0.05, 0) is 37.0 Å². The van der Waals surface area contributed by atoms with Crippen molar-refractivity contribution >= 4 is 17.9 Å². The summed E-state index contributed by atoms with van der Waals surface area (Å²) in [6.45, 7) is 13.7. The fourth-order valence-electron chi connectivity index (χ4n) is 8.47. The zero-order valence-corrected chi connectivity index (χ0v) is 42.7. The third-order valence-electron chi connectivity index (χ3n) is 12.6. The van der Waals surface area contributed by atoms with Gasteiger partial charge < -0.3 is 14.2 Å². The molecule has 6 heteroatoms. The number of hydrogen-bond donors (Lipinski definition) is 0. The lowest BCUT2D eigenvalue weighted by Gasteiger charge is -2.18. The molecule has 0 aliphatic carbocycles. The van der Waals surface area contributed by atoms with Gasteiger partial charge >= 0.3 is 17.9 Å². The molecule has 0 saturated heterocycles. The van der Waals surface area contributed by atoms with E-state index in [1.165, 1.54) is 186 Å². The number of hydrogen-bond acceptors (Lipinski definition) is 6. The first-order chi connectivity index (χ1) is 30.1. The maximum atomic E-state index is 12.8. The third-order valence-corrected chi connectivity index (χ3v) is 12.6. The highest BCUT2D eigenvalue weighted by atomic mass is 16.6. The van der Waals surface area contributed by atoms with Crippen LogP contribution in [0.2, 0.25) is 0 Å². The Morgan fingerprint density at radius 2 is 0.468 bits per heavy atom. The van der Waals surface area contributed by atoms with Crippen molar-refractivity contribution < 1.29 is 28.6 Å². The van der Waals surface area contributed by atoms with Crippen molar-refractivity contribution in [3.63, 3.8) is 0 Å². The number of rotatable bonds is 49. The van der Waals surface area contributed by atoms with E-state index in [-0.39, 0.29) is 31.1 Å². The van der Waals surface area contributed by atoms with Crippen LogP contribution >= 0.6 is 0 Å². The number of carbonyl (C=O) groups is 3. The molecule has 0 aliphatic rings. The summed E-state index contributed by atoms with van der Waals surface area (Å²) in [4.78, 5) is 38.1. The molecule has 0 fully saturated rings. The second-order valence-electron chi connectivity index (χ2n) is 20.6. The van der Waals surface area contributed by atoms with Crippen molar-refractivity contribution in [1.29, 1.82) is 0 Å². The van der Waals surface area contributed by atoms with Crippen molar-refractivity contribution in [2.75, 3.05) is 13.2 Å². The lowest BCUT2D eigenvalue weighted by molar-refractivity contribution is -0.167. The van der Waals surface area contributed by atoms with Crippen molar-refractivity contribution in [3.8, 4) is 0 Å². The van der Waals surface area contributed by atoms with Crippen LogP contribution in [0.25, 0.3) is 0 Å². The van der Waals surface area contributed by atoms with Crippen LogP contribution in [0.5, 0.6) is 0 Å². The summed E-state index contributed by atoms with van der Waals surface area (Å²) in [6, 6.07) is 0. The Morgan fingerprint density at radius 1 is 0.274 bits per heavy atom. The van der Waals surface area contributed by atoms with E-state index in [2.05, 4.69) is 41.5 Å². The Labute approximate surface area is 387 Å². The predicted octanol–water partition coefficient (Wildman–Crippen LogP) is 17.9. The molecule has 0 aromatic rings. The lowest BCUT2D eigenvalue weighted by atomic mass is 10.0. The average Bonchev–Trinajstić information content (AvgIpc) is 3.23. The van der Waals surface area contributed by atoms with Gasteiger partial charge in [-0.1, -0.05) is 266 Å². The van der Waals surface area contributed by atoms with E-state index < -0.39 is 6.10 Å². The fraction of sp³-hybridized carbons (Fsp3) is 0.946. The predicted molar refractivity (Wildman–Crippen MR) is 266 cm³/mol. The maximum absolute atomic E-state index is 12.8. The summed E-state index contributed by atoms with van der Waals surface area (Å²) in [5.41, 5.74) is 0. The Hall–Kier alpha value is -1.59. The summed E-state index contributed by atoms with van der Waals surface area (Å²) < 4.78 is 16.9. The van der Waals surface area contributed by atoms with Gasteiger partial charge in [-0.15, -0.1) is 0 Å². The molecule has 0 rings (SSSR count). The van der Waals surface area contributed by atoms with E-state index >= 15 is 0 Å². The smallest absolute Gasteiger partial charge is 0.306 e. The molecule has 0 bridgehead atoms. The number of unbranched alkanes of at least 4 members (excludes halogenated alkanes) is 32. The van der Waals surface area contributed by atoms with Gasteiger partial charge in [-0.2, -0.15) is 0 Å². The summed E-state index contributed by atoms with van der Waals surface area (Å²) in [6.07, 6.45) is 48.1. The SMILES string of the molecule is CC(C)CCCCCCCCCCCCCCCCC(=O)OC[C@H](COC(=O)CCCCCCCCCCCCC(C)C)OC(=O)CCCCCCCCCCCCCC(C)C. The highest BCUT2D eigenvalue weighted by Crippen LogP contribution is 2.18. The van der Waals surface area contributed by atoms with Crippen LogP contribution in [0.3, 0.4) is 0 Å². The second-order valence-corrected chi connectivity index (χ2v) is 20.6. The van der Waals surface area contributed by atoms with Crippen LogP contribution in [-0.2, 0) is 28.6 Å². The molecule has 0 aromatic heterocycles. The normalized spacial score (nSPS) is 12.1. The average molecular weight is 877 g/mol. The van der Waals surface area contributed by atoms with Crippen molar-refractivity contribution in [1.82, 2.24) is 0 Å². The largest absolute Gasteiger partial charge is 0.462 e. The van der Waals surface area contributed by atoms with Gasteiger partial charge in [-0.25, -0.2) is 0 Å². The van der Waals surface area contributed by atoms with E-state index in [1.807, 2.05) is 0 Å². The first-order valence-corrected chi connectivity index (χ1v) is 27.6. The minimum atomic E-state index is -0.763. The molecule has 0 saturated carbocycles. The standard InChI is InChI=1S/C56H108O6/c1-50(2)42-36-30-24-18-12-9-7-8-10-14-21-27-33-39-45-54(57)60-48-53(49-61-55(58)46-40-34-28-22-17-16-20-26-32-38-44-52(5)6)62-56(59)47-41-35-29-23-15-11-13-19-25-31-37-43-51(3)4/h50-53H,7-49H2,1-6H3/t53-/m1/s1. The molecule has 0 radical (unpaired) electrons. The summed E-state index contributed by atoms with van der Waals surface area (Å²) in [5.74, 6) is 1.64. The van der Waals surface area contributed by atoms with E-state index in [9.17, 15) is 14.4 Å². The van der Waals surface area contributed by atoms with Gasteiger partial charge in [0.05, 0.1) is 0 Å². The van der Waals surface area contributed by atoms with Gasteiger partial charge in [0.25, 0.3) is 0 Å². The molecule has 368 valence electrons. The highest BCUT2D eigenvalue weighted by Gasteiger charge is 2.19. The molecular formula is C56H108O6. The zero-order valence-electron chi connectivity index (χ0n) is 42.7. The fourth-order valence-corrected chi connectivity index (χ4v) is 8.47. The van der Waals surface area contributed by atoms with Crippen molar-refractivity contribution in [2.24, 2.45) is 17.8 Å². The zero-order chi connectivity index (χ0) is 45.6. The minimum absolute atomic E-state index is 0.0640. The van der Waals surface area contributed by atoms with E-state index in [4.69, 9.17) is 14.2 Å². The number of ether oxygens (including phenoxy) is 3. The molecule has 6 nitrogen and oxygen atoms in total. The second kappa shape index (κ2) is 47.4. The molecule has 0 unspecified atom stereocenters. The summed E-state index contributed by atoms with van der Waals surface area (Å²) in [5, 5.41) is 0. The number of esters is 3. The molecule has 0 amide bonds. The Balaban J connectivity index is 4.30. The van der Waals surface area contributed by atoms with Gasteiger partial charge in [0, 0.05) is 19.3 Å². The van der Waals surface area contributed by atoms with Crippen LogP contribution in [0.1, 0.15) is 305 Å². The van der Waals surface area contributed by atoms with Gasteiger partial charge in [0.15, 0.2) is 6.10 Å². The summed E-state index contributed by atoms with van der Waals surface area (Å²) >= 11 is 0. The Morgan fingerprint density at radius 3 is 0.694 bits per heavy atom. The topological polar surface area (TPSA) is 78.9 Å². The van der Waals surface area contributed by atoms with Crippen molar-refractivity contribution in [3.05, 3.63) is 0 Å². The van der Waals surface area contributed by atoms with Gasteiger partial charge in [-0.3, -0.25) is 14.4 Å². The van der Waals surface area contributed by atoms with Gasteiger partial charge in [0.2, 0.25) is 0 Å². The molecule has 62 heavy (non-hydrogen) atoms.